The second kappa shape index (κ2) is 5.36. The number of pyridine rings is 2. The van der Waals surface area contributed by atoms with Gasteiger partial charge in [0.1, 0.15) is 11.6 Å². The monoisotopic (exact) mass is 283 g/mol. The van der Waals surface area contributed by atoms with Crippen molar-refractivity contribution in [3.63, 3.8) is 0 Å². The Kier molecular flexibility index (Phi) is 3.78. The summed E-state index contributed by atoms with van der Waals surface area (Å²) in [6.45, 7) is 2.23. The van der Waals surface area contributed by atoms with Crippen LogP contribution in [0.15, 0.2) is 30.6 Å². The molecule has 0 amide bonds. The lowest BCUT2D eigenvalue weighted by atomic mass is 10.1. The lowest BCUT2D eigenvalue weighted by molar-refractivity contribution is -0.137. The van der Waals surface area contributed by atoms with Crippen molar-refractivity contribution in [2.75, 3.05) is 12.3 Å². The van der Waals surface area contributed by atoms with Crippen LogP contribution in [0.25, 0.3) is 11.3 Å². The molecule has 0 saturated carbocycles. The van der Waals surface area contributed by atoms with Gasteiger partial charge >= 0.3 is 6.18 Å². The average Bonchev–Trinajstić information content (AvgIpc) is 2.38. The standard InChI is InChI=1S/C13H12F3N3O/c1-2-20-10-3-8(6-18-7-10)11-4-9(13(14,15)16)5-12(17)19-11/h3-7H,2H2,1H3,(H2,17,19). The highest BCUT2D eigenvalue weighted by Gasteiger charge is 2.31. The highest BCUT2D eigenvalue weighted by atomic mass is 19.4. The topological polar surface area (TPSA) is 61.0 Å². The molecule has 7 heteroatoms. The maximum Gasteiger partial charge on any atom is 0.416 e. The largest absolute Gasteiger partial charge is 0.492 e. The smallest absolute Gasteiger partial charge is 0.416 e. The molecule has 0 aliphatic rings. The molecule has 0 saturated heterocycles. The van der Waals surface area contributed by atoms with E-state index < -0.39 is 11.7 Å². The molecular weight excluding hydrogens is 271 g/mol. The Bertz CT molecular complexity index is 614. The van der Waals surface area contributed by atoms with Gasteiger partial charge in [0.25, 0.3) is 0 Å². The number of anilines is 1. The first-order chi connectivity index (χ1) is 9.40. The summed E-state index contributed by atoms with van der Waals surface area (Å²) in [5.41, 5.74) is 5.10. The third kappa shape index (κ3) is 3.17. The maximum absolute atomic E-state index is 12.7. The quantitative estimate of drug-likeness (QED) is 0.940. The number of ether oxygens (including phenoxy) is 1. The number of hydrogen-bond donors (Lipinski definition) is 1. The maximum atomic E-state index is 12.7. The second-order valence-electron chi connectivity index (χ2n) is 4.01. The molecular formula is C13H12F3N3O. The predicted octanol–water partition coefficient (Wildman–Crippen LogP) is 3.14. The van der Waals surface area contributed by atoms with Crippen LogP contribution < -0.4 is 10.5 Å². The molecule has 20 heavy (non-hydrogen) atoms. The number of halogens is 3. The van der Waals surface area contributed by atoms with E-state index in [9.17, 15) is 13.2 Å². The Morgan fingerprint density at radius 2 is 1.95 bits per heavy atom. The molecule has 4 nitrogen and oxygen atoms in total. The molecule has 106 valence electrons. The van der Waals surface area contributed by atoms with Gasteiger partial charge in [0, 0.05) is 11.8 Å². The Balaban J connectivity index is 2.47. The number of nitrogens with two attached hydrogens (primary N) is 1. The molecule has 0 aliphatic heterocycles. The van der Waals surface area contributed by atoms with Crippen LogP contribution in [0.4, 0.5) is 19.0 Å². The van der Waals surface area contributed by atoms with Crippen LogP contribution in [-0.2, 0) is 6.18 Å². The highest BCUT2D eigenvalue weighted by Crippen LogP contribution is 2.33. The predicted molar refractivity (Wildman–Crippen MR) is 68.1 cm³/mol. The molecule has 2 aromatic heterocycles. The lowest BCUT2D eigenvalue weighted by Gasteiger charge is -2.10. The molecule has 0 spiro atoms. The fourth-order valence-corrected chi connectivity index (χ4v) is 1.67. The van der Waals surface area contributed by atoms with E-state index in [1.165, 1.54) is 12.4 Å². The number of rotatable bonds is 3. The van der Waals surface area contributed by atoms with Crippen molar-refractivity contribution in [2.24, 2.45) is 0 Å². The van der Waals surface area contributed by atoms with E-state index >= 15 is 0 Å². The van der Waals surface area contributed by atoms with E-state index in [-0.39, 0.29) is 11.5 Å². The van der Waals surface area contributed by atoms with Crippen LogP contribution in [0.3, 0.4) is 0 Å². The van der Waals surface area contributed by atoms with E-state index in [2.05, 4.69) is 9.97 Å². The lowest BCUT2D eigenvalue weighted by Crippen LogP contribution is -2.07. The van der Waals surface area contributed by atoms with Crippen molar-refractivity contribution in [1.82, 2.24) is 9.97 Å². The summed E-state index contributed by atoms with van der Waals surface area (Å²) < 4.78 is 43.5. The van der Waals surface area contributed by atoms with Crippen molar-refractivity contribution in [3.8, 4) is 17.0 Å². The molecule has 2 rings (SSSR count). The first-order valence-corrected chi connectivity index (χ1v) is 5.83. The van der Waals surface area contributed by atoms with Gasteiger partial charge in [0.2, 0.25) is 0 Å². The summed E-state index contributed by atoms with van der Waals surface area (Å²) in [5.74, 6) is 0.263. The molecule has 0 radical (unpaired) electrons. The van der Waals surface area contributed by atoms with Gasteiger partial charge in [-0.2, -0.15) is 13.2 Å². The minimum absolute atomic E-state index is 0.103. The molecule has 0 fully saturated rings. The van der Waals surface area contributed by atoms with Crippen LogP contribution >= 0.6 is 0 Å². The molecule has 2 aromatic rings. The van der Waals surface area contributed by atoms with Crippen LogP contribution in [0, 0.1) is 0 Å². The van der Waals surface area contributed by atoms with Gasteiger partial charge in [0.05, 0.1) is 24.1 Å². The Hall–Kier alpha value is -2.31. The number of nitrogens with zero attached hydrogens (tertiary/aromatic N) is 2. The molecule has 0 bridgehead atoms. The summed E-state index contributed by atoms with van der Waals surface area (Å²) in [6, 6.07) is 3.30. The zero-order valence-corrected chi connectivity index (χ0v) is 10.6. The van der Waals surface area contributed by atoms with Crippen molar-refractivity contribution in [1.29, 1.82) is 0 Å². The SMILES string of the molecule is CCOc1cncc(-c2cc(C(F)(F)F)cc(N)n2)c1. The third-order valence-corrected chi connectivity index (χ3v) is 2.49. The molecule has 0 aromatic carbocycles. The molecule has 2 heterocycles. The van der Waals surface area contributed by atoms with E-state index in [0.29, 0.717) is 17.9 Å². The summed E-state index contributed by atoms with van der Waals surface area (Å²) in [6.07, 6.45) is -1.59. The normalized spacial score (nSPS) is 11.4. The van der Waals surface area contributed by atoms with Gasteiger partial charge in [-0.1, -0.05) is 0 Å². The average molecular weight is 283 g/mol. The van der Waals surface area contributed by atoms with Crippen molar-refractivity contribution in [2.45, 2.75) is 13.1 Å². The Morgan fingerprint density at radius 1 is 1.20 bits per heavy atom. The fraction of sp³-hybridized carbons (Fsp3) is 0.231. The first kappa shape index (κ1) is 14.1. The van der Waals surface area contributed by atoms with E-state index in [1.54, 1.807) is 13.0 Å². The second-order valence-corrected chi connectivity index (χ2v) is 4.01. The number of alkyl halides is 3. The van der Waals surface area contributed by atoms with E-state index in [1.807, 2.05) is 0 Å². The number of nitrogen functional groups attached to an aromatic ring is 1. The summed E-state index contributed by atoms with van der Waals surface area (Å²) in [7, 11) is 0. The third-order valence-electron chi connectivity index (χ3n) is 2.49. The first-order valence-electron chi connectivity index (χ1n) is 5.83. The van der Waals surface area contributed by atoms with Crippen molar-refractivity contribution in [3.05, 3.63) is 36.2 Å². The summed E-state index contributed by atoms with van der Waals surface area (Å²) in [5, 5.41) is 0. The van der Waals surface area contributed by atoms with Gasteiger partial charge in [0.15, 0.2) is 0 Å². The van der Waals surface area contributed by atoms with E-state index in [0.717, 1.165) is 12.1 Å². The Labute approximate surface area is 113 Å². The van der Waals surface area contributed by atoms with E-state index in [4.69, 9.17) is 10.5 Å². The van der Waals surface area contributed by atoms with Crippen LogP contribution in [0.1, 0.15) is 12.5 Å². The van der Waals surface area contributed by atoms with Gasteiger partial charge < -0.3 is 10.5 Å². The fourth-order valence-electron chi connectivity index (χ4n) is 1.67. The highest BCUT2D eigenvalue weighted by molar-refractivity contribution is 5.62. The van der Waals surface area contributed by atoms with Gasteiger partial charge in [-0.3, -0.25) is 4.98 Å². The van der Waals surface area contributed by atoms with Crippen LogP contribution in [-0.4, -0.2) is 16.6 Å². The minimum atomic E-state index is -4.48. The van der Waals surface area contributed by atoms with Crippen molar-refractivity contribution >= 4 is 5.82 Å². The Morgan fingerprint density at radius 3 is 2.60 bits per heavy atom. The van der Waals surface area contributed by atoms with Gasteiger partial charge in [-0.15, -0.1) is 0 Å². The number of aromatic nitrogens is 2. The van der Waals surface area contributed by atoms with Crippen LogP contribution in [0.2, 0.25) is 0 Å². The molecule has 0 atom stereocenters. The van der Waals surface area contributed by atoms with Crippen molar-refractivity contribution < 1.29 is 17.9 Å². The summed E-state index contributed by atoms with van der Waals surface area (Å²) in [4.78, 5) is 7.82. The molecule has 2 N–H and O–H groups in total. The molecule has 0 aliphatic carbocycles. The summed E-state index contributed by atoms with van der Waals surface area (Å²) >= 11 is 0. The zero-order chi connectivity index (χ0) is 14.8. The minimum Gasteiger partial charge on any atom is -0.492 e. The zero-order valence-electron chi connectivity index (χ0n) is 10.6. The number of hydrogen-bond acceptors (Lipinski definition) is 4. The van der Waals surface area contributed by atoms with Gasteiger partial charge in [-0.25, -0.2) is 4.98 Å². The molecule has 0 unspecified atom stereocenters. The van der Waals surface area contributed by atoms with Crippen LogP contribution in [0.5, 0.6) is 5.75 Å². The van der Waals surface area contributed by atoms with Gasteiger partial charge in [-0.05, 0) is 25.1 Å².